The fourth-order valence-electron chi connectivity index (χ4n) is 2.49. The average Bonchev–Trinajstić information content (AvgIpc) is 3.07. The lowest BCUT2D eigenvalue weighted by atomic mass is 10.1. The van der Waals surface area contributed by atoms with Crippen LogP contribution in [0.15, 0.2) is 39.5 Å². The van der Waals surface area contributed by atoms with Gasteiger partial charge in [0.1, 0.15) is 5.75 Å². The van der Waals surface area contributed by atoms with Crippen LogP contribution in [-0.4, -0.2) is 38.6 Å². The summed E-state index contributed by atoms with van der Waals surface area (Å²) < 4.78 is 6.13. The second-order valence-corrected chi connectivity index (χ2v) is 7.44. The predicted octanol–water partition coefficient (Wildman–Crippen LogP) is 3.87. The van der Waals surface area contributed by atoms with Gasteiger partial charge in [-0.1, -0.05) is 6.07 Å². The third-order valence-electron chi connectivity index (χ3n) is 3.90. The molecule has 0 bridgehead atoms. The van der Waals surface area contributed by atoms with Crippen molar-refractivity contribution in [3.05, 3.63) is 50.6 Å². The third-order valence-corrected chi connectivity index (χ3v) is 5.22. The standard InChI is InChI=1S/C18H23BrN2O2S/c1-21(2)16(14-8-9-24-12-14)11-20-18(22)7-5-13-4-6-17(23-3)15(19)10-13/h4,6,8-10,12,16H,5,7,11H2,1-3H3,(H,20,22). The fraction of sp³-hybridized carbons (Fsp3) is 0.389. The molecule has 2 rings (SSSR count). The average molecular weight is 411 g/mol. The van der Waals surface area contributed by atoms with Gasteiger partial charge in [0.2, 0.25) is 5.91 Å². The Morgan fingerprint density at radius 2 is 2.17 bits per heavy atom. The van der Waals surface area contributed by atoms with Crippen molar-refractivity contribution in [3.63, 3.8) is 0 Å². The van der Waals surface area contributed by atoms with Gasteiger partial charge in [0.25, 0.3) is 0 Å². The van der Waals surface area contributed by atoms with Crippen molar-refractivity contribution < 1.29 is 9.53 Å². The highest BCUT2D eigenvalue weighted by Gasteiger charge is 2.15. The minimum atomic E-state index is 0.0732. The van der Waals surface area contributed by atoms with Crippen LogP contribution in [0.5, 0.6) is 5.75 Å². The molecular formula is C18H23BrN2O2S. The molecule has 1 aromatic heterocycles. The Morgan fingerprint density at radius 1 is 1.38 bits per heavy atom. The van der Waals surface area contributed by atoms with Gasteiger partial charge in [0.05, 0.1) is 17.6 Å². The van der Waals surface area contributed by atoms with Gasteiger partial charge < -0.3 is 15.0 Å². The molecule has 0 aliphatic rings. The molecule has 0 aliphatic heterocycles. The van der Waals surface area contributed by atoms with E-state index in [-0.39, 0.29) is 11.9 Å². The summed E-state index contributed by atoms with van der Waals surface area (Å²) in [5, 5.41) is 7.24. The highest BCUT2D eigenvalue weighted by Crippen LogP contribution is 2.26. The zero-order chi connectivity index (χ0) is 17.5. The Morgan fingerprint density at radius 3 is 2.75 bits per heavy atom. The summed E-state index contributed by atoms with van der Waals surface area (Å²) in [6.45, 7) is 0.620. The number of carbonyl (C=O) groups excluding carboxylic acids is 1. The second-order valence-electron chi connectivity index (χ2n) is 5.81. The summed E-state index contributed by atoms with van der Waals surface area (Å²) >= 11 is 5.15. The molecule has 1 amide bonds. The Hall–Kier alpha value is -1.37. The number of methoxy groups -OCH3 is 1. The largest absolute Gasteiger partial charge is 0.496 e. The Bertz CT molecular complexity index is 659. The van der Waals surface area contributed by atoms with Crippen molar-refractivity contribution >= 4 is 33.2 Å². The molecule has 0 aliphatic carbocycles. The maximum Gasteiger partial charge on any atom is 0.220 e. The van der Waals surface area contributed by atoms with Gasteiger partial charge in [-0.25, -0.2) is 0 Å². The summed E-state index contributed by atoms with van der Waals surface area (Å²) in [7, 11) is 5.70. The normalized spacial score (nSPS) is 12.2. The van der Waals surface area contributed by atoms with E-state index in [0.29, 0.717) is 19.4 Å². The van der Waals surface area contributed by atoms with E-state index in [2.05, 4.69) is 43.0 Å². The molecule has 130 valence electrons. The Kier molecular flexibility index (Phi) is 7.27. The number of rotatable bonds is 8. The van der Waals surface area contributed by atoms with Crippen molar-refractivity contribution in [3.8, 4) is 5.75 Å². The van der Waals surface area contributed by atoms with E-state index >= 15 is 0 Å². The number of ether oxygens (including phenoxy) is 1. The van der Waals surface area contributed by atoms with Crippen LogP contribution in [0.3, 0.4) is 0 Å². The number of carbonyl (C=O) groups is 1. The molecule has 0 fully saturated rings. The van der Waals surface area contributed by atoms with E-state index < -0.39 is 0 Å². The molecule has 1 aromatic carbocycles. The number of amides is 1. The molecule has 1 atom stereocenters. The Balaban J connectivity index is 1.83. The molecule has 1 unspecified atom stereocenters. The molecular weight excluding hydrogens is 388 g/mol. The molecule has 24 heavy (non-hydrogen) atoms. The lowest BCUT2D eigenvalue weighted by Crippen LogP contribution is -2.34. The SMILES string of the molecule is COc1ccc(CCC(=O)NCC(c2ccsc2)N(C)C)cc1Br. The summed E-state index contributed by atoms with van der Waals surface area (Å²) in [5.41, 5.74) is 2.35. The third kappa shape index (κ3) is 5.33. The quantitative estimate of drug-likeness (QED) is 0.717. The number of aryl methyl sites for hydroxylation is 1. The fourth-order valence-corrected chi connectivity index (χ4v) is 3.78. The zero-order valence-electron chi connectivity index (χ0n) is 14.2. The van der Waals surface area contributed by atoms with Gasteiger partial charge in [0.15, 0.2) is 0 Å². The molecule has 0 spiro atoms. The molecule has 0 saturated heterocycles. The molecule has 2 aromatic rings. The van der Waals surface area contributed by atoms with Crippen LogP contribution < -0.4 is 10.1 Å². The van der Waals surface area contributed by atoms with Crippen LogP contribution in [-0.2, 0) is 11.2 Å². The van der Waals surface area contributed by atoms with Crippen LogP contribution in [0, 0.1) is 0 Å². The number of likely N-dealkylation sites (N-methyl/N-ethyl adjacent to an activating group) is 1. The smallest absolute Gasteiger partial charge is 0.220 e. The van der Waals surface area contributed by atoms with Crippen molar-refractivity contribution in [2.75, 3.05) is 27.7 Å². The second kappa shape index (κ2) is 9.20. The summed E-state index contributed by atoms with van der Waals surface area (Å²) in [6.07, 6.45) is 1.18. The summed E-state index contributed by atoms with van der Waals surface area (Å²) in [6, 6.07) is 8.22. The van der Waals surface area contributed by atoms with Crippen LogP contribution in [0.1, 0.15) is 23.6 Å². The molecule has 4 nitrogen and oxygen atoms in total. The number of benzene rings is 1. The van der Waals surface area contributed by atoms with Crippen LogP contribution >= 0.6 is 27.3 Å². The van der Waals surface area contributed by atoms with Gasteiger partial charge >= 0.3 is 0 Å². The van der Waals surface area contributed by atoms with E-state index in [4.69, 9.17) is 4.74 Å². The van der Waals surface area contributed by atoms with Gasteiger partial charge in [-0.2, -0.15) is 11.3 Å². The number of nitrogens with one attached hydrogen (secondary N) is 1. The first kappa shape index (κ1) is 19.0. The maximum absolute atomic E-state index is 12.2. The highest BCUT2D eigenvalue weighted by molar-refractivity contribution is 9.10. The number of hydrogen-bond donors (Lipinski definition) is 1. The minimum Gasteiger partial charge on any atom is -0.496 e. The van der Waals surface area contributed by atoms with Gasteiger partial charge in [-0.3, -0.25) is 4.79 Å². The summed E-state index contributed by atoms with van der Waals surface area (Å²) in [4.78, 5) is 14.3. The van der Waals surface area contributed by atoms with Gasteiger partial charge in [-0.05, 0) is 76.5 Å². The molecule has 0 saturated carbocycles. The zero-order valence-corrected chi connectivity index (χ0v) is 16.6. The van der Waals surface area contributed by atoms with Crippen molar-refractivity contribution in [2.45, 2.75) is 18.9 Å². The van der Waals surface area contributed by atoms with Crippen molar-refractivity contribution in [2.24, 2.45) is 0 Å². The monoisotopic (exact) mass is 410 g/mol. The van der Waals surface area contributed by atoms with Crippen molar-refractivity contribution in [1.29, 1.82) is 0 Å². The number of halogens is 1. The molecule has 1 heterocycles. The van der Waals surface area contributed by atoms with E-state index in [1.165, 1.54) is 5.56 Å². The first-order chi connectivity index (χ1) is 11.5. The molecule has 1 N–H and O–H groups in total. The van der Waals surface area contributed by atoms with Crippen LogP contribution in [0.2, 0.25) is 0 Å². The Labute approximate surface area is 156 Å². The lowest BCUT2D eigenvalue weighted by Gasteiger charge is -2.24. The molecule has 6 heteroatoms. The summed E-state index contributed by atoms with van der Waals surface area (Å²) in [5.74, 6) is 0.872. The number of hydrogen-bond acceptors (Lipinski definition) is 4. The molecule has 0 radical (unpaired) electrons. The predicted molar refractivity (Wildman–Crippen MR) is 103 cm³/mol. The number of nitrogens with zero attached hydrogens (tertiary/aromatic N) is 1. The minimum absolute atomic E-state index is 0.0732. The highest BCUT2D eigenvalue weighted by atomic mass is 79.9. The van der Waals surface area contributed by atoms with Crippen molar-refractivity contribution in [1.82, 2.24) is 10.2 Å². The van der Waals surface area contributed by atoms with Gasteiger partial charge in [-0.15, -0.1) is 0 Å². The topological polar surface area (TPSA) is 41.6 Å². The van der Waals surface area contributed by atoms with E-state index in [1.807, 2.05) is 32.3 Å². The van der Waals surface area contributed by atoms with E-state index in [1.54, 1.807) is 18.4 Å². The van der Waals surface area contributed by atoms with Crippen LogP contribution in [0.4, 0.5) is 0 Å². The van der Waals surface area contributed by atoms with Gasteiger partial charge in [0, 0.05) is 13.0 Å². The first-order valence-electron chi connectivity index (χ1n) is 7.79. The number of thiophene rings is 1. The first-order valence-corrected chi connectivity index (χ1v) is 9.52. The maximum atomic E-state index is 12.2. The van der Waals surface area contributed by atoms with Crippen LogP contribution in [0.25, 0.3) is 0 Å². The lowest BCUT2D eigenvalue weighted by molar-refractivity contribution is -0.121. The van der Waals surface area contributed by atoms with E-state index in [9.17, 15) is 4.79 Å². The van der Waals surface area contributed by atoms with E-state index in [0.717, 1.165) is 15.8 Å².